The van der Waals surface area contributed by atoms with Crippen molar-refractivity contribution >= 4 is 23.2 Å². The van der Waals surface area contributed by atoms with Crippen molar-refractivity contribution in [2.24, 2.45) is 0 Å². The molecule has 1 heterocycles. The quantitative estimate of drug-likeness (QED) is 0.392. The van der Waals surface area contributed by atoms with Gasteiger partial charge in [0, 0.05) is 37.4 Å². The minimum atomic E-state index is -5.31. The maximum absolute atomic E-state index is 12.8. The Bertz CT molecular complexity index is 682. The molecule has 1 aromatic rings. The van der Waals surface area contributed by atoms with E-state index in [4.69, 9.17) is 0 Å². The summed E-state index contributed by atoms with van der Waals surface area (Å²) >= 11 is 0. The number of piperazine rings is 1. The van der Waals surface area contributed by atoms with Gasteiger partial charge in [0.1, 0.15) is 5.75 Å². The predicted molar refractivity (Wildman–Crippen MR) is 79.7 cm³/mol. The van der Waals surface area contributed by atoms with Crippen LogP contribution in [0.25, 0.3) is 0 Å². The average Bonchev–Trinajstić information content (AvgIpc) is 2.40. The molecule has 0 amide bonds. The molecule has 12 heteroatoms. The number of hydrogen-bond donors (Lipinski definition) is 1. The Morgan fingerprint density at radius 3 is 2.33 bits per heavy atom. The van der Waals surface area contributed by atoms with Gasteiger partial charge >= 0.3 is 68.9 Å². The Hall–Kier alpha value is 0.151. The van der Waals surface area contributed by atoms with E-state index in [1.165, 1.54) is 13.0 Å². The second-order valence-corrected chi connectivity index (χ2v) is 6.32. The number of rotatable bonds is 5. The van der Waals surface area contributed by atoms with E-state index in [9.17, 15) is 25.3 Å². The zero-order valence-electron chi connectivity index (χ0n) is 13.4. The number of benzene rings is 1. The first kappa shape index (κ1) is 22.2. The first-order valence-corrected chi connectivity index (χ1v) is 8.30. The molecule has 1 fully saturated rings. The van der Waals surface area contributed by atoms with Crippen molar-refractivity contribution in [1.82, 2.24) is 5.32 Å². The predicted octanol–water partition coefficient (Wildman–Crippen LogP) is -1.07. The van der Waals surface area contributed by atoms with Gasteiger partial charge in [-0.25, -0.2) is 0 Å². The molecule has 2 rings (SSSR count). The molecule has 24 heavy (non-hydrogen) atoms. The van der Waals surface area contributed by atoms with Crippen molar-refractivity contribution in [3.8, 4) is 5.75 Å². The molecule has 1 aliphatic rings. The first-order chi connectivity index (χ1) is 10.6. The van der Waals surface area contributed by atoms with E-state index in [1.807, 2.05) is 4.90 Å². The molecule has 0 aliphatic carbocycles. The number of anilines is 1. The van der Waals surface area contributed by atoms with Gasteiger partial charge in [-0.05, 0) is 19.1 Å². The third-order valence-electron chi connectivity index (χ3n) is 3.51. The molecule has 0 radical (unpaired) electrons. The van der Waals surface area contributed by atoms with Crippen LogP contribution in [0.15, 0.2) is 12.1 Å². The molecule has 5 nitrogen and oxygen atoms in total. The Morgan fingerprint density at radius 2 is 1.83 bits per heavy atom. The Kier molecular flexibility index (Phi) is 8.04. The molecule has 0 unspecified atom stereocenters. The third-order valence-corrected chi connectivity index (χ3v) is 3.89. The van der Waals surface area contributed by atoms with Crippen molar-refractivity contribution in [1.29, 1.82) is 0 Å². The van der Waals surface area contributed by atoms with Gasteiger partial charge < -0.3 is 27.3 Å². The summed E-state index contributed by atoms with van der Waals surface area (Å²) in [4.78, 5) is 1.82. The van der Waals surface area contributed by atoms with Gasteiger partial charge in [0.15, 0.2) is 0 Å². The molecule has 130 valence electrons. The normalized spacial score (nSPS) is 15.8. The van der Waals surface area contributed by atoms with E-state index in [1.54, 1.807) is 0 Å². The Morgan fingerprint density at radius 1 is 1.25 bits per heavy atom. The van der Waals surface area contributed by atoms with Crippen LogP contribution in [-0.2, 0) is 16.8 Å². The topological polar surface area (TPSA) is 58.6 Å². The SMILES string of the molecule is Cc1c(OS(=O)(=O)F)cc(C[B-](F)(F)F)cc1N1CCNCC1.[K+]. The average molecular weight is 394 g/mol. The van der Waals surface area contributed by atoms with E-state index < -0.39 is 29.6 Å². The van der Waals surface area contributed by atoms with Gasteiger partial charge in [0.2, 0.25) is 0 Å². The van der Waals surface area contributed by atoms with Crippen molar-refractivity contribution in [3.63, 3.8) is 0 Å². The van der Waals surface area contributed by atoms with Crippen LogP contribution in [0.5, 0.6) is 5.75 Å². The minimum Gasteiger partial charge on any atom is -0.449 e. The molecule has 1 aromatic carbocycles. The second kappa shape index (κ2) is 8.69. The molecule has 0 atom stereocenters. The summed E-state index contributed by atoms with van der Waals surface area (Å²) in [6, 6.07) is 2.28. The largest absolute Gasteiger partial charge is 1.00 e. The summed E-state index contributed by atoms with van der Waals surface area (Å²) in [5.74, 6) is -0.418. The van der Waals surface area contributed by atoms with E-state index in [2.05, 4.69) is 9.50 Å². The minimum absolute atomic E-state index is 0. The zero-order valence-corrected chi connectivity index (χ0v) is 17.3. The third kappa shape index (κ3) is 6.81. The zero-order chi connectivity index (χ0) is 17.3. The van der Waals surface area contributed by atoms with Gasteiger partial charge in [-0.2, -0.15) is 8.42 Å². The molecule has 1 N–H and O–H groups in total. The van der Waals surface area contributed by atoms with E-state index in [-0.39, 0.29) is 62.5 Å². The van der Waals surface area contributed by atoms with E-state index >= 15 is 0 Å². The fourth-order valence-electron chi connectivity index (χ4n) is 2.54. The van der Waals surface area contributed by atoms with Gasteiger partial charge in [-0.3, -0.25) is 0 Å². The molecular weight excluding hydrogens is 378 g/mol. The van der Waals surface area contributed by atoms with Crippen LogP contribution in [0, 0.1) is 6.92 Å². The van der Waals surface area contributed by atoms with Crippen LogP contribution in [0.3, 0.4) is 0 Å². The molecule has 0 saturated carbocycles. The van der Waals surface area contributed by atoms with Crippen molar-refractivity contribution in [3.05, 3.63) is 23.3 Å². The summed E-state index contributed by atoms with van der Waals surface area (Å²) in [5, 5.41) is 3.10. The van der Waals surface area contributed by atoms with Crippen molar-refractivity contribution in [2.75, 3.05) is 31.1 Å². The van der Waals surface area contributed by atoms with Gasteiger partial charge in [0.05, 0.1) is 0 Å². The van der Waals surface area contributed by atoms with Crippen LogP contribution in [0.2, 0.25) is 0 Å². The molecule has 0 aromatic heterocycles. The maximum Gasteiger partial charge on any atom is 1.00 e. The van der Waals surface area contributed by atoms with Crippen LogP contribution in [0.1, 0.15) is 11.1 Å². The fraction of sp³-hybridized carbons (Fsp3) is 0.500. The van der Waals surface area contributed by atoms with Gasteiger partial charge in [0.25, 0.3) is 0 Å². The standard InChI is InChI=1S/C12H16BF4N2O3S.K/c1-9-11(19-4-2-18-3-5-19)6-10(8-13(14,15)16)7-12(9)22-23(17,20)21;/h6-7,18H,2-5,8H2,1H3;/q-1;+1. The molecule has 0 spiro atoms. The van der Waals surface area contributed by atoms with E-state index in [0.717, 1.165) is 6.07 Å². The maximum atomic E-state index is 12.8. The van der Waals surface area contributed by atoms with Crippen LogP contribution < -0.4 is 65.8 Å². The van der Waals surface area contributed by atoms with Gasteiger partial charge in [-0.1, -0.05) is 15.8 Å². The van der Waals surface area contributed by atoms with Crippen LogP contribution in [-0.4, -0.2) is 41.6 Å². The number of halogens is 4. The fourth-order valence-corrected chi connectivity index (χ4v) is 2.93. The summed E-state index contributed by atoms with van der Waals surface area (Å²) in [6.07, 6.45) is -1.19. The summed E-state index contributed by atoms with van der Waals surface area (Å²) < 4.78 is 76.5. The number of nitrogens with zero attached hydrogens (tertiary/aromatic N) is 1. The summed E-state index contributed by atoms with van der Waals surface area (Å²) in [6.45, 7) is -1.25. The monoisotopic (exact) mass is 394 g/mol. The van der Waals surface area contributed by atoms with Crippen molar-refractivity contribution in [2.45, 2.75) is 13.2 Å². The number of nitrogens with one attached hydrogen (secondary N) is 1. The van der Waals surface area contributed by atoms with Gasteiger partial charge in [-0.15, -0.1) is 0 Å². The smallest absolute Gasteiger partial charge is 0.449 e. The number of hydrogen-bond acceptors (Lipinski definition) is 5. The summed E-state index contributed by atoms with van der Waals surface area (Å²) in [7, 11) is -5.31. The Labute approximate surface area is 181 Å². The summed E-state index contributed by atoms with van der Waals surface area (Å²) in [5.41, 5.74) is 0.546. The van der Waals surface area contributed by atoms with Crippen LogP contribution in [0.4, 0.5) is 22.5 Å². The van der Waals surface area contributed by atoms with Crippen LogP contribution >= 0.6 is 0 Å². The molecular formula is C12H16BF4KN2O3S. The Balaban J connectivity index is 0.00000288. The molecule has 1 aliphatic heterocycles. The molecule has 0 bridgehead atoms. The molecule has 1 saturated heterocycles. The van der Waals surface area contributed by atoms with Crippen molar-refractivity contribution < 1.29 is 80.8 Å². The second-order valence-electron chi connectivity index (χ2n) is 5.37. The van der Waals surface area contributed by atoms with E-state index in [0.29, 0.717) is 31.9 Å². The first-order valence-electron chi connectivity index (χ1n) is 6.99.